The fourth-order valence-corrected chi connectivity index (χ4v) is 2.77. The Morgan fingerprint density at radius 2 is 1.71 bits per heavy atom. The van der Waals surface area contributed by atoms with Crippen molar-refractivity contribution in [2.45, 2.75) is 32.9 Å². The highest BCUT2D eigenvalue weighted by Gasteiger charge is 2.16. The van der Waals surface area contributed by atoms with Gasteiger partial charge >= 0.3 is 6.09 Å². The largest absolute Gasteiger partial charge is 0.492 e. The fraction of sp³-hybridized carbons (Fsp3) is 0.391. The van der Waals surface area contributed by atoms with Gasteiger partial charge in [0.1, 0.15) is 12.4 Å². The summed E-state index contributed by atoms with van der Waals surface area (Å²) >= 11 is 0. The second kappa shape index (κ2) is 12.4. The van der Waals surface area contributed by atoms with Gasteiger partial charge in [0.2, 0.25) is 0 Å². The minimum Gasteiger partial charge on any atom is -0.492 e. The van der Waals surface area contributed by atoms with Crippen LogP contribution in [0, 0.1) is 0 Å². The molecule has 0 radical (unpaired) electrons. The molecule has 2 aromatic rings. The number of anilines is 1. The van der Waals surface area contributed by atoms with Crippen LogP contribution in [0.4, 0.5) is 10.5 Å². The van der Waals surface area contributed by atoms with Crippen molar-refractivity contribution in [2.75, 3.05) is 32.0 Å². The van der Waals surface area contributed by atoms with E-state index in [9.17, 15) is 9.59 Å². The number of ether oxygens (including phenoxy) is 2. The lowest BCUT2D eigenvalue weighted by Gasteiger charge is -2.23. The third kappa shape index (κ3) is 8.55. The number of hydrogen-bond donors (Lipinski definition) is 3. The van der Waals surface area contributed by atoms with Crippen LogP contribution in [0.3, 0.4) is 0 Å². The zero-order chi connectivity index (χ0) is 22.6. The van der Waals surface area contributed by atoms with Gasteiger partial charge in [-0.25, -0.2) is 4.79 Å². The lowest BCUT2D eigenvalue weighted by atomic mass is 10.2. The second-order valence-electron chi connectivity index (χ2n) is 7.35. The van der Waals surface area contributed by atoms with Gasteiger partial charge in [-0.05, 0) is 62.2 Å². The van der Waals surface area contributed by atoms with E-state index in [4.69, 9.17) is 20.9 Å². The van der Waals surface area contributed by atoms with Crippen LogP contribution in [0.15, 0.2) is 48.5 Å². The van der Waals surface area contributed by atoms with E-state index < -0.39 is 6.09 Å². The number of amides is 2. The fourth-order valence-electron chi connectivity index (χ4n) is 2.77. The molecule has 0 atom stereocenters. The van der Waals surface area contributed by atoms with Crippen molar-refractivity contribution >= 4 is 17.7 Å². The Kier molecular flexibility index (Phi) is 9.64. The summed E-state index contributed by atoms with van der Waals surface area (Å²) in [4.78, 5) is 26.2. The zero-order valence-corrected chi connectivity index (χ0v) is 18.2. The maximum Gasteiger partial charge on any atom is 0.410 e. The first-order chi connectivity index (χ1) is 14.9. The zero-order valence-electron chi connectivity index (χ0n) is 18.2. The Balaban J connectivity index is 1.80. The van der Waals surface area contributed by atoms with Crippen LogP contribution < -0.4 is 21.5 Å². The molecule has 31 heavy (non-hydrogen) atoms. The molecule has 0 fully saturated rings. The first-order valence-corrected chi connectivity index (χ1v) is 10.4. The van der Waals surface area contributed by atoms with Crippen LogP contribution in [-0.2, 0) is 11.3 Å². The molecule has 0 bridgehead atoms. The van der Waals surface area contributed by atoms with Crippen molar-refractivity contribution in [2.24, 2.45) is 5.73 Å². The summed E-state index contributed by atoms with van der Waals surface area (Å²) in [6.45, 7) is 5.64. The molecule has 168 valence electrons. The Hall–Kier alpha value is -3.26. The van der Waals surface area contributed by atoms with E-state index in [1.165, 1.54) is 0 Å². The first-order valence-electron chi connectivity index (χ1n) is 10.4. The minimum atomic E-state index is -0.401. The summed E-state index contributed by atoms with van der Waals surface area (Å²) in [5.41, 5.74) is 13.4. The van der Waals surface area contributed by atoms with E-state index in [2.05, 4.69) is 5.32 Å². The number of nitrogens with zero attached hydrogens (tertiary/aromatic N) is 1. The van der Waals surface area contributed by atoms with E-state index in [-0.39, 0.29) is 12.0 Å². The molecule has 5 N–H and O–H groups in total. The monoisotopic (exact) mass is 428 g/mol. The number of carbonyl (C=O) groups excluding carboxylic acids is 2. The van der Waals surface area contributed by atoms with E-state index in [1.807, 2.05) is 24.3 Å². The second-order valence-corrected chi connectivity index (χ2v) is 7.35. The smallest absolute Gasteiger partial charge is 0.410 e. The lowest BCUT2D eigenvalue weighted by molar-refractivity contribution is 0.0718. The van der Waals surface area contributed by atoms with Gasteiger partial charge in [0, 0.05) is 30.9 Å². The van der Waals surface area contributed by atoms with Crippen molar-refractivity contribution in [1.82, 2.24) is 10.2 Å². The van der Waals surface area contributed by atoms with Gasteiger partial charge in [-0.15, -0.1) is 0 Å². The summed E-state index contributed by atoms with van der Waals surface area (Å²) in [5, 5.41) is 2.85. The average molecular weight is 429 g/mol. The highest BCUT2D eigenvalue weighted by molar-refractivity contribution is 5.94. The molecule has 0 heterocycles. The number of nitrogens with two attached hydrogens (primary N) is 2. The molecule has 2 amide bonds. The van der Waals surface area contributed by atoms with Gasteiger partial charge in [0.15, 0.2) is 0 Å². The van der Waals surface area contributed by atoms with Crippen molar-refractivity contribution in [1.29, 1.82) is 0 Å². The number of benzene rings is 2. The molecule has 8 heteroatoms. The molecule has 0 saturated heterocycles. The van der Waals surface area contributed by atoms with E-state index >= 15 is 0 Å². The Morgan fingerprint density at radius 3 is 2.32 bits per heavy atom. The minimum absolute atomic E-state index is 0.180. The topological polar surface area (TPSA) is 120 Å². The van der Waals surface area contributed by atoms with Crippen LogP contribution in [0.5, 0.6) is 5.75 Å². The molecule has 0 aliphatic carbocycles. The molecule has 0 spiro atoms. The molecule has 0 aliphatic rings. The summed E-state index contributed by atoms with van der Waals surface area (Å²) in [6, 6.07) is 14.2. The normalized spacial score (nSPS) is 10.6. The van der Waals surface area contributed by atoms with Crippen molar-refractivity contribution in [3.8, 4) is 5.75 Å². The number of rotatable bonds is 11. The molecule has 0 aliphatic heterocycles. The molecular weight excluding hydrogens is 396 g/mol. The number of hydrogen-bond acceptors (Lipinski definition) is 6. The van der Waals surface area contributed by atoms with E-state index in [1.54, 1.807) is 43.0 Å². The quantitative estimate of drug-likeness (QED) is 0.374. The predicted molar refractivity (Wildman–Crippen MR) is 121 cm³/mol. The SMILES string of the molecule is CC(C)OC(=O)N(CCCNC(=O)c1ccc(N)cc1)CCOc1ccc(CN)cc1. The first kappa shape index (κ1) is 24.0. The van der Waals surface area contributed by atoms with Gasteiger partial charge < -0.3 is 31.2 Å². The number of carbonyl (C=O) groups is 2. The van der Waals surface area contributed by atoms with Crippen LogP contribution in [0.1, 0.15) is 36.2 Å². The molecule has 2 rings (SSSR count). The lowest BCUT2D eigenvalue weighted by Crippen LogP contribution is -2.38. The third-order valence-corrected chi connectivity index (χ3v) is 4.45. The van der Waals surface area contributed by atoms with Crippen molar-refractivity contribution < 1.29 is 19.1 Å². The average Bonchev–Trinajstić information content (AvgIpc) is 2.75. The van der Waals surface area contributed by atoms with E-state index in [0.717, 1.165) is 5.56 Å². The summed E-state index contributed by atoms with van der Waals surface area (Å²) in [7, 11) is 0. The van der Waals surface area contributed by atoms with Crippen LogP contribution in [-0.4, -0.2) is 49.2 Å². The van der Waals surface area contributed by atoms with Crippen LogP contribution in [0.25, 0.3) is 0 Å². The Labute approximate surface area is 183 Å². The molecule has 2 aromatic carbocycles. The maximum atomic E-state index is 12.4. The van der Waals surface area contributed by atoms with Crippen molar-refractivity contribution in [3.05, 3.63) is 59.7 Å². The highest BCUT2D eigenvalue weighted by Crippen LogP contribution is 2.12. The van der Waals surface area contributed by atoms with Crippen LogP contribution in [0.2, 0.25) is 0 Å². The van der Waals surface area contributed by atoms with Crippen molar-refractivity contribution in [3.63, 3.8) is 0 Å². The molecule has 0 aromatic heterocycles. The van der Waals surface area contributed by atoms with Gasteiger partial charge in [0.05, 0.1) is 12.6 Å². The molecule has 0 saturated carbocycles. The highest BCUT2D eigenvalue weighted by atomic mass is 16.6. The molecular formula is C23H32N4O4. The maximum absolute atomic E-state index is 12.4. The Morgan fingerprint density at radius 1 is 1.03 bits per heavy atom. The standard InChI is InChI=1S/C23H32N4O4/c1-17(2)31-23(29)27(14-15-30-21-10-4-18(16-24)5-11-21)13-3-12-26-22(28)19-6-8-20(25)9-7-19/h4-11,17H,3,12-16,24-25H2,1-2H3,(H,26,28). The third-order valence-electron chi connectivity index (χ3n) is 4.45. The van der Waals surface area contributed by atoms with Gasteiger partial charge in [-0.3, -0.25) is 4.79 Å². The molecule has 0 unspecified atom stereocenters. The summed E-state index contributed by atoms with van der Waals surface area (Å²) in [5.74, 6) is 0.533. The summed E-state index contributed by atoms with van der Waals surface area (Å²) in [6.07, 6.45) is -0.0362. The number of nitrogens with one attached hydrogen (secondary N) is 1. The Bertz CT molecular complexity index is 822. The summed E-state index contributed by atoms with van der Waals surface area (Å²) < 4.78 is 11.1. The van der Waals surface area contributed by atoms with Crippen LogP contribution >= 0.6 is 0 Å². The molecule has 8 nitrogen and oxygen atoms in total. The van der Waals surface area contributed by atoms with Gasteiger partial charge in [-0.1, -0.05) is 12.1 Å². The van der Waals surface area contributed by atoms with Gasteiger partial charge in [-0.2, -0.15) is 0 Å². The van der Waals surface area contributed by atoms with Gasteiger partial charge in [0.25, 0.3) is 5.91 Å². The van der Waals surface area contributed by atoms with E-state index in [0.29, 0.717) is 56.2 Å². The predicted octanol–water partition coefficient (Wildman–Crippen LogP) is 2.77. The number of nitrogen functional groups attached to an aromatic ring is 1.